The summed E-state index contributed by atoms with van der Waals surface area (Å²) in [6, 6.07) is 13.4. The molecule has 0 aliphatic rings. The third kappa shape index (κ3) is 6.05. The fraction of sp³-hybridized carbons (Fsp3) is 0.238. The average Bonchev–Trinajstić information content (AvgIpc) is 2.67. The molecule has 0 radical (unpaired) electrons. The fourth-order valence-corrected chi connectivity index (χ4v) is 2.63. The lowest BCUT2D eigenvalue weighted by atomic mass is 10.2. The first-order chi connectivity index (χ1) is 13.4. The summed E-state index contributed by atoms with van der Waals surface area (Å²) < 4.78 is 0. The van der Waals surface area contributed by atoms with Crippen LogP contribution in [0, 0.1) is 17.0 Å². The summed E-state index contributed by atoms with van der Waals surface area (Å²) in [7, 11) is 0. The summed E-state index contributed by atoms with van der Waals surface area (Å²) in [6.45, 7) is 4.18. The number of nitrogens with zero attached hydrogens (tertiary/aromatic N) is 2. The van der Waals surface area contributed by atoms with E-state index < -0.39 is 4.92 Å². The van der Waals surface area contributed by atoms with Crippen molar-refractivity contribution in [2.75, 3.05) is 18.4 Å². The molecule has 0 unspecified atom stereocenters. The molecular weight excluding hydrogens is 358 g/mol. The molecule has 0 atom stereocenters. The third-order valence-electron chi connectivity index (χ3n) is 4.06. The van der Waals surface area contributed by atoms with E-state index in [0.717, 1.165) is 5.56 Å². The molecule has 1 N–H and O–H groups in total. The van der Waals surface area contributed by atoms with Gasteiger partial charge in [-0.1, -0.05) is 37.3 Å². The largest absolute Gasteiger partial charge is 0.330 e. The molecule has 2 aromatic rings. The second-order valence-electron chi connectivity index (χ2n) is 6.31. The number of carbonyl (C=O) groups is 2. The van der Waals surface area contributed by atoms with E-state index in [-0.39, 0.29) is 24.0 Å². The Kier molecular flexibility index (Phi) is 7.45. The normalized spacial score (nSPS) is 10.6. The summed E-state index contributed by atoms with van der Waals surface area (Å²) in [5.41, 5.74) is 2.15. The van der Waals surface area contributed by atoms with Crippen molar-refractivity contribution in [2.45, 2.75) is 20.3 Å². The van der Waals surface area contributed by atoms with E-state index in [0.29, 0.717) is 24.2 Å². The van der Waals surface area contributed by atoms with Crippen LogP contribution in [0.2, 0.25) is 0 Å². The van der Waals surface area contributed by atoms with Gasteiger partial charge in [0.1, 0.15) is 6.54 Å². The van der Waals surface area contributed by atoms with Gasteiger partial charge in [0.05, 0.1) is 4.92 Å². The molecule has 0 fully saturated rings. The molecule has 2 rings (SSSR count). The van der Waals surface area contributed by atoms with Crippen LogP contribution in [0.5, 0.6) is 0 Å². The maximum absolute atomic E-state index is 12.5. The Bertz CT molecular complexity index is 893. The summed E-state index contributed by atoms with van der Waals surface area (Å²) >= 11 is 0. The Morgan fingerprint density at radius 1 is 1.18 bits per heavy atom. The zero-order valence-electron chi connectivity index (χ0n) is 15.9. The number of carbonyl (C=O) groups excluding carboxylic acids is 2. The maximum atomic E-state index is 12.5. The quantitative estimate of drug-likeness (QED) is 0.428. The smallest absolute Gasteiger partial charge is 0.270 e. The van der Waals surface area contributed by atoms with Crippen molar-refractivity contribution in [1.29, 1.82) is 0 Å². The molecule has 0 bridgehead atoms. The zero-order chi connectivity index (χ0) is 20.5. The van der Waals surface area contributed by atoms with E-state index in [2.05, 4.69) is 5.32 Å². The number of anilines is 1. The number of para-hydroxylation sites is 1. The van der Waals surface area contributed by atoms with E-state index in [4.69, 9.17) is 0 Å². The van der Waals surface area contributed by atoms with Crippen LogP contribution >= 0.6 is 0 Å². The molecule has 0 aliphatic heterocycles. The molecule has 0 saturated heterocycles. The van der Waals surface area contributed by atoms with E-state index in [1.807, 2.05) is 32.0 Å². The number of rotatable bonds is 8. The van der Waals surface area contributed by atoms with E-state index in [9.17, 15) is 19.7 Å². The monoisotopic (exact) mass is 381 g/mol. The summed E-state index contributed by atoms with van der Waals surface area (Å²) in [6.07, 6.45) is 3.54. The van der Waals surface area contributed by atoms with Gasteiger partial charge in [0.15, 0.2) is 0 Å². The minimum Gasteiger partial charge on any atom is -0.330 e. The van der Waals surface area contributed by atoms with Crippen LogP contribution in [0.25, 0.3) is 6.08 Å². The topological polar surface area (TPSA) is 92.6 Å². The molecule has 0 aliphatic carbocycles. The van der Waals surface area contributed by atoms with Gasteiger partial charge in [0, 0.05) is 30.4 Å². The first-order valence-corrected chi connectivity index (χ1v) is 8.97. The second kappa shape index (κ2) is 10.0. The molecule has 0 heterocycles. The van der Waals surface area contributed by atoms with Gasteiger partial charge >= 0.3 is 0 Å². The minimum absolute atomic E-state index is 0.0439. The average molecular weight is 381 g/mol. The SMILES string of the molecule is CCCN(CC(=O)Nc1ccccc1C)C(=O)/C=C/c1cccc([N+](=O)[O-])c1. The number of hydrogen-bond acceptors (Lipinski definition) is 4. The maximum Gasteiger partial charge on any atom is 0.270 e. The van der Waals surface area contributed by atoms with Crippen LogP contribution in [-0.4, -0.2) is 34.7 Å². The number of nitro groups is 1. The van der Waals surface area contributed by atoms with Crippen LogP contribution < -0.4 is 5.32 Å². The molecular formula is C21H23N3O4. The number of nitrogens with one attached hydrogen (secondary N) is 1. The van der Waals surface area contributed by atoms with Crippen molar-refractivity contribution in [1.82, 2.24) is 4.90 Å². The van der Waals surface area contributed by atoms with E-state index in [1.165, 1.54) is 29.2 Å². The highest BCUT2D eigenvalue weighted by Gasteiger charge is 2.15. The molecule has 146 valence electrons. The third-order valence-corrected chi connectivity index (χ3v) is 4.06. The Balaban J connectivity index is 2.04. The van der Waals surface area contributed by atoms with Crippen LogP contribution in [-0.2, 0) is 9.59 Å². The number of non-ortho nitro benzene ring substituents is 1. The van der Waals surface area contributed by atoms with Crippen molar-refractivity contribution in [2.24, 2.45) is 0 Å². The minimum atomic E-state index is -0.488. The highest BCUT2D eigenvalue weighted by molar-refractivity contribution is 5.98. The van der Waals surface area contributed by atoms with Crippen LogP contribution in [0.15, 0.2) is 54.6 Å². The highest BCUT2D eigenvalue weighted by Crippen LogP contribution is 2.15. The predicted octanol–water partition coefficient (Wildman–Crippen LogP) is 3.79. The van der Waals surface area contributed by atoms with Crippen molar-refractivity contribution in [3.63, 3.8) is 0 Å². The first-order valence-electron chi connectivity index (χ1n) is 8.97. The second-order valence-corrected chi connectivity index (χ2v) is 6.31. The number of amides is 2. The molecule has 2 amide bonds. The van der Waals surface area contributed by atoms with Crippen molar-refractivity contribution in [3.05, 3.63) is 75.8 Å². The Morgan fingerprint density at radius 2 is 1.93 bits per heavy atom. The van der Waals surface area contributed by atoms with Crippen molar-refractivity contribution in [3.8, 4) is 0 Å². The number of nitro benzene ring substituents is 1. The van der Waals surface area contributed by atoms with Gasteiger partial charge in [-0.15, -0.1) is 0 Å². The fourth-order valence-electron chi connectivity index (χ4n) is 2.63. The predicted molar refractivity (Wildman–Crippen MR) is 109 cm³/mol. The summed E-state index contributed by atoms with van der Waals surface area (Å²) in [4.78, 5) is 36.6. The van der Waals surface area contributed by atoms with Gasteiger partial charge in [-0.25, -0.2) is 0 Å². The van der Waals surface area contributed by atoms with Gasteiger partial charge in [0.25, 0.3) is 5.69 Å². The zero-order valence-corrected chi connectivity index (χ0v) is 15.9. The number of hydrogen-bond donors (Lipinski definition) is 1. The van der Waals surface area contributed by atoms with E-state index >= 15 is 0 Å². The van der Waals surface area contributed by atoms with Gasteiger partial charge < -0.3 is 10.2 Å². The number of benzene rings is 2. The molecule has 0 spiro atoms. The first kappa shape index (κ1) is 20.8. The lowest BCUT2D eigenvalue weighted by molar-refractivity contribution is -0.384. The lowest BCUT2D eigenvalue weighted by Gasteiger charge is -2.20. The van der Waals surface area contributed by atoms with Gasteiger partial charge in [-0.05, 0) is 36.6 Å². The Morgan fingerprint density at radius 3 is 2.61 bits per heavy atom. The standard InChI is InChI=1S/C21H23N3O4/c1-3-13-23(15-20(25)22-19-10-5-4-7-16(19)2)21(26)12-11-17-8-6-9-18(14-17)24(27)28/h4-12,14H,3,13,15H2,1-2H3,(H,22,25)/b12-11+. The molecule has 2 aromatic carbocycles. The van der Waals surface area contributed by atoms with Crippen LogP contribution in [0.4, 0.5) is 11.4 Å². The van der Waals surface area contributed by atoms with Crippen LogP contribution in [0.3, 0.4) is 0 Å². The van der Waals surface area contributed by atoms with Crippen molar-refractivity contribution < 1.29 is 14.5 Å². The molecule has 0 saturated carbocycles. The lowest BCUT2D eigenvalue weighted by Crippen LogP contribution is -2.37. The highest BCUT2D eigenvalue weighted by atomic mass is 16.6. The van der Waals surface area contributed by atoms with Crippen molar-refractivity contribution >= 4 is 29.3 Å². The van der Waals surface area contributed by atoms with Gasteiger partial charge in [0.2, 0.25) is 11.8 Å². The Hall–Kier alpha value is -3.48. The Labute approximate surface area is 163 Å². The summed E-state index contributed by atoms with van der Waals surface area (Å²) in [5.74, 6) is -0.604. The molecule has 7 nitrogen and oxygen atoms in total. The molecule has 28 heavy (non-hydrogen) atoms. The molecule has 0 aromatic heterocycles. The number of aryl methyl sites for hydroxylation is 1. The van der Waals surface area contributed by atoms with Gasteiger partial charge in [-0.2, -0.15) is 0 Å². The van der Waals surface area contributed by atoms with E-state index in [1.54, 1.807) is 18.2 Å². The molecule has 7 heteroatoms. The summed E-state index contributed by atoms with van der Waals surface area (Å²) in [5, 5.41) is 13.7. The van der Waals surface area contributed by atoms with Crippen LogP contribution in [0.1, 0.15) is 24.5 Å². The van der Waals surface area contributed by atoms with Gasteiger partial charge in [-0.3, -0.25) is 19.7 Å².